The number of nitrogens with one attached hydrogen (secondary N) is 2. The van der Waals surface area contributed by atoms with Gasteiger partial charge in [-0.05, 0) is 18.6 Å². The third kappa shape index (κ3) is 6.30. The number of nitrogens with two attached hydrogens (primary N) is 1. The molecule has 0 aliphatic heterocycles. The van der Waals surface area contributed by atoms with E-state index in [4.69, 9.17) is 10.5 Å². The quantitative estimate of drug-likeness (QED) is 0.490. The van der Waals surface area contributed by atoms with Gasteiger partial charge in [0.15, 0.2) is 0 Å². The van der Waals surface area contributed by atoms with Gasteiger partial charge in [0.2, 0.25) is 10.0 Å². The van der Waals surface area contributed by atoms with Crippen LogP contribution in [0.25, 0.3) is 0 Å². The summed E-state index contributed by atoms with van der Waals surface area (Å²) in [5.41, 5.74) is 7.23. The highest BCUT2D eigenvalue weighted by molar-refractivity contribution is 7.88. The molecule has 0 aliphatic rings. The van der Waals surface area contributed by atoms with E-state index in [1.165, 1.54) is 0 Å². The van der Waals surface area contributed by atoms with E-state index in [1.807, 2.05) is 19.1 Å². The van der Waals surface area contributed by atoms with Crippen molar-refractivity contribution >= 4 is 21.4 Å². The molecule has 0 bridgehead atoms. The molecule has 0 aliphatic carbocycles. The fourth-order valence-electron chi connectivity index (χ4n) is 1.42. The maximum atomic E-state index is 10.9. The maximum Gasteiger partial charge on any atom is 0.208 e. The summed E-state index contributed by atoms with van der Waals surface area (Å²) < 4.78 is 29.7. The molecule has 108 valence electrons. The molecular weight excluding hydrogens is 266 g/mol. The predicted molar refractivity (Wildman–Crippen MR) is 78.0 cm³/mol. The van der Waals surface area contributed by atoms with Crippen molar-refractivity contribution in [3.05, 3.63) is 18.2 Å². The minimum absolute atomic E-state index is 0.328. The van der Waals surface area contributed by atoms with Gasteiger partial charge in [-0.2, -0.15) is 0 Å². The van der Waals surface area contributed by atoms with Crippen molar-refractivity contribution in [2.45, 2.75) is 13.3 Å². The first-order valence-corrected chi connectivity index (χ1v) is 8.02. The van der Waals surface area contributed by atoms with E-state index in [0.29, 0.717) is 31.1 Å². The Kier molecular flexibility index (Phi) is 5.91. The fourth-order valence-corrected chi connectivity index (χ4v) is 1.90. The molecule has 0 saturated heterocycles. The summed E-state index contributed by atoms with van der Waals surface area (Å²) in [4.78, 5) is 0. The Labute approximate surface area is 114 Å². The molecule has 0 spiro atoms. The molecule has 0 atom stereocenters. The monoisotopic (exact) mass is 287 g/mol. The standard InChI is InChI=1S/C12H21N3O3S/c1-3-8-18-12-9-10(4-5-11(12)13)14-6-7-15-19(2,16)17/h4-5,9,14-15H,3,6-8,13H2,1-2H3. The van der Waals surface area contributed by atoms with Gasteiger partial charge in [0, 0.05) is 24.8 Å². The predicted octanol–water partition coefficient (Wildman–Crippen LogP) is 1.02. The van der Waals surface area contributed by atoms with Gasteiger partial charge in [0.1, 0.15) is 5.75 Å². The van der Waals surface area contributed by atoms with Gasteiger partial charge < -0.3 is 15.8 Å². The minimum atomic E-state index is -3.14. The molecule has 1 aromatic carbocycles. The topological polar surface area (TPSA) is 93.5 Å². The summed E-state index contributed by atoms with van der Waals surface area (Å²) in [5.74, 6) is 0.642. The zero-order valence-electron chi connectivity index (χ0n) is 11.3. The Morgan fingerprint density at radius 2 is 2.05 bits per heavy atom. The van der Waals surface area contributed by atoms with Crippen molar-refractivity contribution in [1.82, 2.24) is 4.72 Å². The van der Waals surface area contributed by atoms with E-state index in [0.717, 1.165) is 18.4 Å². The van der Waals surface area contributed by atoms with Gasteiger partial charge in [-0.25, -0.2) is 13.1 Å². The molecule has 0 aromatic heterocycles. The van der Waals surface area contributed by atoms with Crippen LogP contribution in [-0.2, 0) is 10.0 Å². The summed E-state index contributed by atoms with van der Waals surface area (Å²) in [6, 6.07) is 5.40. The normalized spacial score (nSPS) is 11.3. The van der Waals surface area contributed by atoms with Gasteiger partial charge in [0.05, 0.1) is 18.6 Å². The molecule has 0 radical (unpaired) electrons. The summed E-state index contributed by atoms with van der Waals surface area (Å²) in [6.07, 6.45) is 2.04. The summed E-state index contributed by atoms with van der Waals surface area (Å²) in [6.45, 7) is 3.46. The molecule has 0 unspecified atom stereocenters. The molecule has 0 heterocycles. The number of rotatable bonds is 8. The highest BCUT2D eigenvalue weighted by Crippen LogP contribution is 2.25. The second-order valence-corrected chi connectivity index (χ2v) is 6.03. The van der Waals surface area contributed by atoms with E-state index >= 15 is 0 Å². The zero-order chi connectivity index (χ0) is 14.3. The van der Waals surface area contributed by atoms with Crippen LogP contribution in [0.4, 0.5) is 11.4 Å². The third-order valence-electron chi connectivity index (χ3n) is 2.29. The SMILES string of the molecule is CCCOc1cc(NCCNS(C)(=O)=O)ccc1N. The van der Waals surface area contributed by atoms with Gasteiger partial charge in [0.25, 0.3) is 0 Å². The second kappa shape index (κ2) is 7.20. The van der Waals surface area contributed by atoms with Gasteiger partial charge >= 0.3 is 0 Å². The van der Waals surface area contributed by atoms with Crippen LogP contribution in [0, 0.1) is 0 Å². The fraction of sp³-hybridized carbons (Fsp3) is 0.500. The first kappa shape index (κ1) is 15.6. The van der Waals surface area contributed by atoms with Crippen molar-refractivity contribution in [1.29, 1.82) is 0 Å². The van der Waals surface area contributed by atoms with Crippen LogP contribution in [0.15, 0.2) is 18.2 Å². The van der Waals surface area contributed by atoms with E-state index in [1.54, 1.807) is 6.07 Å². The average Bonchev–Trinajstić information content (AvgIpc) is 2.33. The van der Waals surface area contributed by atoms with Crippen molar-refractivity contribution in [2.24, 2.45) is 0 Å². The summed E-state index contributed by atoms with van der Waals surface area (Å²) >= 11 is 0. The van der Waals surface area contributed by atoms with Gasteiger partial charge in [-0.15, -0.1) is 0 Å². The molecule has 19 heavy (non-hydrogen) atoms. The van der Waals surface area contributed by atoms with Crippen LogP contribution in [0.5, 0.6) is 5.75 Å². The number of anilines is 2. The Hall–Kier alpha value is -1.47. The zero-order valence-corrected chi connectivity index (χ0v) is 12.1. The average molecular weight is 287 g/mol. The first-order valence-electron chi connectivity index (χ1n) is 6.13. The number of hydrogen-bond acceptors (Lipinski definition) is 5. The smallest absolute Gasteiger partial charge is 0.208 e. The summed E-state index contributed by atoms with van der Waals surface area (Å²) in [5, 5.41) is 3.10. The first-order chi connectivity index (χ1) is 8.92. The molecule has 7 heteroatoms. The van der Waals surface area contributed by atoms with Crippen molar-refractivity contribution < 1.29 is 13.2 Å². The lowest BCUT2D eigenvalue weighted by molar-refractivity contribution is 0.319. The number of hydrogen-bond donors (Lipinski definition) is 3. The van der Waals surface area contributed by atoms with Gasteiger partial charge in [-0.1, -0.05) is 6.92 Å². The summed E-state index contributed by atoms with van der Waals surface area (Å²) in [7, 11) is -3.14. The number of sulfonamides is 1. The molecule has 0 fully saturated rings. The number of nitrogen functional groups attached to an aromatic ring is 1. The molecule has 4 N–H and O–H groups in total. The Morgan fingerprint density at radius 1 is 1.32 bits per heavy atom. The van der Waals surface area contributed by atoms with E-state index in [-0.39, 0.29) is 0 Å². The molecule has 6 nitrogen and oxygen atoms in total. The van der Waals surface area contributed by atoms with Crippen molar-refractivity contribution in [3.8, 4) is 5.75 Å². The second-order valence-electron chi connectivity index (χ2n) is 4.19. The van der Waals surface area contributed by atoms with Crippen molar-refractivity contribution in [2.75, 3.05) is 37.0 Å². The Balaban J connectivity index is 2.50. The van der Waals surface area contributed by atoms with Crippen LogP contribution < -0.4 is 20.5 Å². The highest BCUT2D eigenvalue weighted by atomic mass is 32.2. The van der Waals surface area contributed by atoms with Crippen LogP contribution in [0.3, 0.4) is 0 Å². The highest BCUT2D eigenvalue weighted by Gasteiger charge is 2.03. The van der Waals surface area contributed by atoms with Crippen LogP contribution in [0.2, 0.25) is 0 Å². The van der Waals surface area contributed by atoms with Crippen LogP contribution in [-0.4, -0.2) is 34.4 Å². The molecular formula is C12H21N3O3S. The Bertz CT molecular complexity index is 503. The number of ether oxygens (including phenoxy) is 1. The number of benzene rings is 1. The van der Waals surface area contributed by atoms with Crippen molar-refractivity contribution in [3.63, 3.8) is 0 Å². The third-order valence-corrected chi connectivity index (χ3v) is 3.02. The van der Waals surface area contributed by atoms with E-state index in [9.17, 15) is 8.42 Å². The van der Waals surface area contributed by atoms with E-state index in [2.05, 4.69) is 10.0 Å². The molecule has 0 amide bonds. The van der Waals surface area contributed by atoms with Gasteiger partial charge in [-0.3, -0.25) is 0 Å². The van der Waals surface area contributed by atoms with E-state index < -0.39 is 10.0 Å². The molecule has 1 aromatic rings. The molecule has 1 rings (SSSR count). The minimum Gasteiger partial charge on any atom is -0.491 e. The van der Waals surface area contributed by atoms with Crippen LogP contribution >= 0.6 is 0 Å². The lowest BCUT2D eigenvalue weighted by Gasteiger charge is -2.11. The Morgan fingerprint density at radius 3 is 2.68 bits per heavy atom. The molecule has 0 saturated carbocycles. The lowest BCUT2D eigenvalue weighted by atomic mass is 10.2. The van der Waals surface area contributed by atoms with Crippen LogP contribution in [0.1, 0.15) is 13.3 Å². The maximum absolute atomic E-state index is 10.9. The largest absolute Gasteiger partial charge is 0.491 e. The lowest BCUT2D eigenvalue weighted by Crippen LogP contribution is -2.27.